The third kappa shape index (κ3) is 3.39. The second-order valence-electron chi connectivity index (χ2n) is 3.55. The van der Waals surface area contributed by atoms with Crippen LogP contribution in [0.5, 0.6) is 0 Å². The Kier molecular flexibility index (Phi) is 5.07. The highest BCUT2D eigenvalue weighted by Crippen LogP contribution is 2.25. The van der Waals surface area contributed by atoms with Gasteiger partial charge in [-0.2, -0.15) is 0 Å². The Morgan fingerprint density at radius 3 is 1.69 bits per heavy atom. The molecule has 0 saturated heterocycles. The topological polar surface area (TPSA) is 9.23 Å². The molecular formula is C11H22OSi. The summed E-state index contributed by atoms with van der Waals surface area (Å²) in [7, 11) is -1.50. The van der Waals surface area contributed by atoms with Crippen molar-refractivity contribution in [2.75, 3.05) is 0 Å². The molecule has 1 nitrogen and oxygen atoms in total. The third-order valence-electron chi connectivity index (χ3n) is 2.75. The molecule has 0 heterocycles. The molecule has 0 aliphatic carbocycles. The Morgan fingerprint density at radius 2 is 1.46 bits per heavy atom. The van der Waals surface area contributed by atoms with Gasteiger partial charge in [0.25, 0.3) is 0 Å². The molecule has 2 heteroatoms. The van der Waals surface area contributed by atoms with Crippen molar-refractivity contribution in [3.63, 3.8) is 0 Å². The van der Waals surface area contributed by atoms with E-state index in [4.69, 9.17) is 4.43 Å². The summed E-state index contributed by atoms with van der Waals surface area (Å²) in [5.74, 6) is 0.789. The number of rotatable bonds is 6. The van der Waals surface area contributed by atoms with Gasteiger partial charge in [0.05, 0.1) is 5.76 Å². The molecule has 0 amide bonds. The van der Waals surface area contributed by atoms with Crippen LogP contribution in [0.1, 0.15) is 27.7 Å². The SMILES string of the molecule is C=C(C)C(=C)O[Si](CC)(CC)CC. The fraction of sp³-hybridized carbons (Fsp3) is 0.636. The normalized spacial score (nSPS) is 11.1. The van der Waals surface area contributed by atoms with E-state index in [-0.39, 0.29) is 0 Å². The molecule has 0 aliphatic rings. The summed E-state index contributed by atoms with van der Waals surface area (Å²) in [5.41, 5.74) is 0.951. The molecule has 0 saturated carbocycles. The first-order valence-electron chi connectivity index (χ1n) is 5.05. The van der Waals surface area contributed by atoms with Gasteiger partial charge in [-0.25, -0.2) is 0 Å². The zero-order valence-electron chi connectivity index (χ0n) is 9.44. The quantitative estimate of drug-likeness (QED) is 0.355. The maximum absolute atomic E-state index is 5.99. The molecule has 76 valence electrons. The third-order valence-corrected chi connectivity index (χ3v) is 7.29. The second kappa shape index (κ2) is 5.27. The van der Waals surface area contributed by atoms with E-state index in [0.717, 1.165) is 29.5 Å². The molecule has 0 unspecified atom stereocenters. The van der Waals surface area contributed by atoms with Gasteiger partial charge in [-0.05, 0) is 30.6 Å². The summed E-state index contributed by atoms with van der Waals surface area (Å²) in [5, 5.41) is 0. The van der Waals surface area contributed by atoms with E-state index < -0.39 is 8.32 Å². The van der Waals surface area contributed by atoms with Gasteiger partial charge in [-0.15, -0.1) is 0 Å². The number of hydrogen-bond acceptors (Lipinski definition) is 1. The first-order chi connectivity index (χ1) is 6.01. The smallest absolute Gasteiger partial charge is 0.250 e. The van der Waals surface area contributed by atoms with Crippen molar-refractivity contribution in [2.24, 2.45) is 0 Å². The molecule has 0 rings (SSSR count). The first kappa shape index (κ1) is 12.5. The van der Waals surface area contributed by atoms with Gasteiger partial charge in [-0.3, -0.25) is 0 Å². The molecule has 0 radical (unpaired) electrons. The lowest BCUT2D eigenvalue weighted by atomic mass is 10.3. The lowest BCUT2D eigenvalue weighted by Crippen LogP contribution is -2.35. The fourth-order valence-corrected chi connectivity index (χ4v) is 3.94. The highest BCUT2D eigenvalue weighted by molar-refractivity contribution is 6.73. The number of hydrogen-bond donors (Lipinski definition) is 0. The van der Waals surface area contributed by atoms with E-state index in [2.05, 4.69) is 33.9 Å². The summed E-state index contributed by atoms with van der Waals surface area (Å²) in [4.78, 5) is 0. The largest absolute Gasteiger partial charge is 0.544 e. The van der Waals surface area contributed by atoms with Crippen molar-refractivity contribution in [3.05, 3.63) is 24.5 Å². The molecule has 0 aromatic rings. The van der Waals surface area contributed by atoms with E-state index in [1.165, 1.54) is 0 Å². The van der Waals surface area contributed by atoms with Gasteiger partial charge in [0, 0.05) is 0 Å². The van der Waals surface area contributed by atoms with E-state index in [1.54, 1.807) is 0 Å². The zero-order chi connectivity index (χ0) is 10.5. The van der Waals surface area contributed by atoms with Gasteiger partial charge < -0.3 is 4.43 Å². The van der Waals surface area contributed by atoms with Crippen LogP contribution in [0.25, 0.3) is 0 Å². The molecule has 0 aromatic carbocycles. The van der Waals surface area contributed by atoms with Gasteiger partial charge in [0.1, 0.15) is 0 Å². The Labute approximate surface area is 83.6 Å². The maximum atomic E-state index is 5.99. The molecule has 0 atom stereocenters. The van der Waals surface area contributed by atoms with Crippen LogP contribution >= 0.6 is 0 Å². The summed E-state index contributed by atoms with van der Waals surface area (Å²) in [6.07, 6.45) is 0. The Hall–Kier alpha value is -0.503. The summed E-state index contributed by atoms with van der Waals surface area (Å²) in [6, 6.07) is 3.48. The van der Waals surface area contributed by atoms with Crippen LogP contribution in [0, 0.1) is 0 Å². The Bertz CT molecular complexity index is 184. The number of allylic oxidation sites excluding steroid dienone is 1. The molecule has 0 aromatic heterocycles. The average molecular weight is 198 g/mol. The van der Waals surface area contributed by atoms with Crippen LogP contribution in [0.15, 0.2) is 24.5 Å². The standard InChI is InChI=1S/C11H22OSi/c1-7-13(8-2,9-3)12-11(6)10(4)5/h4,6-9H2,1-3,5H3. The van der Waals surface area contributed by atoms with Crippen LogP contribution in [-0.4, -0.2) is 8.32 Å². The minimum absolute atomic E-state index is 0.789. The minimum atomic E-state index is -1.50. The van der Waals surface area contributed by atoms with Gasteiger partial charge in [0.2, 0.25) is 8.32 Å². The van der Waals surface area contributed by atoms with Crippen molar-refractivity contribution >= 4 is 8.32 Å². The van der Waals surface area contributed by atoms with Crippen LogP contribution in [-0.2, 0) is 4.43 Å². The highest BCUT2D eigenvalue weighted by atomic mass is 28.4. The molecule has 0 N–H and O–H groups in total. The van der Waals surface area contributed by atoms with E-state index in [1.807, 2.05) is 6.92 Å². The Morgan fingerprint density at radius 1 is 1.08 bits per heavy atom. The molecule has 13 heavy (non-hydrogen) atoms. The predicted molar refractivity (Wildman–Crippen MR) is 62.2 cm³/mol. The van der Waals surface area contributed by atoms with E-state index in [9.17, 15) is 0 Å². The monoisotopic (exact) mass is 198 g/mol. The average Bonchev–Trinajstić information content (AvgIpc) is 2.14. The van der Waals surface area contributed by atoms with Crippen molar-refractivity contribution in [1.29, 1.82) is 0 Å². The zero-order valence-corrected chi connectivity index (χ0v) is 10.4. The minimum Gasteiger partial charge on any atom is -0.544 e. The van der Waals surface area contributed by atoms with Gasteiger partial charge in [-0.1, -0.05) is 33.9 Å². The summed E-state index contributed by atoms with van der Waals surface area (Å²) in [6.45, 7) is 16.3. The van der Waals surface area contributed by atoms with Crippen molar-refractivity contribution in [3.8, 4) is 0 Å². The van der Waals surface area contributed by atoms with Crippen LogP contribution in [0.2, 0.25) is 18.1 Å². The fourth-order valence-electron chi connectivity index (χ4n) is 1.31. The van der Waals surface area contributed by atoms with Gasteiger partial charge in [0.15, 0.2) is 0 Å². The molecule has 0 spiro atoms. The van der Waals surface area contributed by atoms with Crippen LogP contribution < -0.4 is 0 Å². The molecule has 0 fully saturated rings. The second-order valence-corrected chi connectivity index (χ2v) is 8.24. The molecular weight excluding hydrogens is 176 g/mol. The predicted octanol–water partition coefficient (Wildman–Crippen LogP) is 4.10. The van der Waals surface area contributed by atoms with E-state index >= 15 is 0 Å². The lowest BCUT2D eigenvalue weighted by molar-refractivity contribution is 0.417. The van der Waals surface area contributed by atoms with Crippen molar-refractivity contribution < 1.29 is 4.43 Å². The lowest BCUT2D eigenvalue weighted by Gasteiger charge is -2.30. The summed E-state index contributed by atoms with van der Waals surface area (Å²) >= 11 is 0. The molecule has 0 bridgehead atoms. The van der Waals surface area contributed by atoms with Gasteiger partial charge >= 0.3 is 0 Å². The van der Waals surface area contributed by atoms with E-state index in [0.29, 0.717) is 0 Å². The van der Waals surface area contributed by atoms with Crippen molar-refractivity contribution in [1.82, 2.24) is 0 Å². The highest BCUT2D eigenvalue weighted by Gasteiger charge is 2.30. The van der Waals surface area contributed by atoms with Crippen LogP contribution in [0.3, 0.4) is 0 Å². The molecule has 0 aliphatic heterocycles. The van der Waals surface area contributed by atoms with Crippen LogP contribution in [0.4, 0.5) is 0 Å². The maximum Gasteiger partial charge on any atom is 0.250 e. The summed E-state index contributed by atoms with van der Waals surface area (Å²) < 4.78 is 5.99. The Balaban J connectivity index is 4.42. The van der Waals surface area contributed by atoms with Crippen molar-refractivity contribution in [2.45, 2.75) is 45.8 Å². The first-order valence-corrected chi connectivity index (χ1v) is 7.58.